The summed E-state index contributed by atoms with van der Waals surface area (Å²) in [6, 6.07) is 0. The van der Waals surface area contributed by atoms with Crippen molar-refractivity contribution in [1.82, 2.24) is 4.98 Å². The third kappa shape index (κ3) is 1.81. The number of esters is 1. The average Bonchev–Trinajstić information content (AvgIpc) is 2.58. The molecule has 0 atom stereocenters. The maximum Gasteiger partial charge on any atom is 0.360 e. The van der Waals surface area contributed by atoms with Gasteiger partial charge >= 0.3 is 5.97 Å². The highest BCUT2D eigenvalue weighted by molar-refractivity contribution is 5.94. The number of methoxy groups -OCH3 is 1. The normalized spacial score (nSPS) is 9.93. The number of ether oxygens (including phenoxy) is 1. The molecule has 1 heterocycles. The molecule has 0 aliphatic carbocycles. The fraction of sp³-hybridized carbons (Fsp3) is 0.444. The van der Waals surface area contributed by atoms with Gasteiger partial charge in [-0.25, -0.2) is 4.79 Å². The highest BCUT2D eigenvalue weighted by atomic mass is 16.5. The van der Waals surface area contributed by atoms with Gasteiger partial charge in [0, 0.05) is 6.42 Å². The summed E-state index contributed by atoms with van der Waals surface area (Å²) >= 11 is 0. The molecule has 5 heteroatoms. The molecule has 1 aromatic heterocycles. The van der Waals surface area contributed by atoms with Gasteiger partial charge in [0.2, 0.25) is 5.78 Å². The van der Waals surface area contributed by atoms with Crippen molar-refractivity contribution in [2.45, 2.75) is 20.3 Å². The molecule has 0 aliphatic rings. The molecule has 0 saturated carbocycles. The van der Waals surface area contributed by atoms with Crippen LogP contribution in [0.1, 0.15) is 40.3 Å². The van der Waals surface area contributed by atoms with Crippen LogP contribution in [0.25, 0.3) is 0 Å². The summed E-state index contributed by atoms with van der Waals surface area (Å²) in [5, 5.41) is 0. The summed E-state index contributed by atoms with van der Waals surface area (Å²) in [7, 11) is 1.25. The third-order valence-electron chi connectivity index (χ3n) is 1.73. The first-order chi connectivity index (χ1) is 6.60. The fourth-order valence-corrected chi connectivity index (χ4v) is 0.953. The van der Waals surface area contributed by atoms with Crippen molar-refractivity contribution in [2.24, 2.45) is 0 Å². The summed E-state index contributed by atoms with van der Waals surface area (Å²) in [5.41, 5.74) is 0.0595. The molecule has 1 aromatic rings. The molecule has 14 heavy (non-hydrogen) atoms. The van der Waals surface area contributed by atoms with Crippen molar-refractivity contribution in [2.75, 3.05) is 7.11 Å². The largest absolute Gasteiger partial charge is 0.464 e. The highest BCUT2D eigenvalue weighted by Crippen LogP contribution is 2.12. The minimum Gasteiger partial charge on any atom is -0.464 e. The van der Waals surface area contributed by atoms with E-state index in [0.717, 1.165) is 0 Å². The highest BCUT2D eigenvalue weighted by Gasteiger charge is 2.20. The Morgan fingerprint density at radius 2 is 2.14 bits per heavy atom. The molecule has 76 valence electrons. The number of oxazole rings is 1. The summed E-state index contributed by atoms with van der Waals surface area (Å²) in [4.78, 5) is 26.0. The molecule has 0 spiro atoms. The first kappa shape index (κ1) is 10.4. The van der Waals surface area contributed by atoms with E-state index >= 15 is 0 Å². The summed E-state index contributed by atoms with van der Waals surface area (Å²) in [6.45, 7) is 3.26. The van der Waals surface area contributed by atoms with Crippen molar-refractivity contribution in [3.8, 4) is 0 Å². The van der Waals surface area contributed by atoms with E-state index in [-0.39, 0.29) is 17.4 Å². The molecular weight excluding hydrogens is 186 g/mol. The number of ketones is 1. The zero-order valence-corrected chi connectivity index (χ0v) is 8.29. The van der Waals surface area contributed by atoms with Gasteiger partial charge in [-0.3, -0.25) is 4.79 Å². The lowest BCUT2D eigenvalue weighted by Gasteiger charge is -1.91. The Kier molecular flexibility index (Phi) is 3.01. The van der Waals surface area contributed by atoms with Gasteiger partial charge in [-0.15, -0.1) is 0 Å². The molecule has 5 nitrogen and oxygen atoms in total. The van der Waals surface area contributed by atoms with Crippen LogP contribution in [0.15, 0.2) is 4.42 Å². The SMILES string of the molecule is CCC(=O)c1nc(C(=O)OC)c(C)o1. The van der Waals surface area contributed by atoms with E-state index in [0.29, 0.717) is 12.2 Å². The van der Waals surface area contributed by atoms with Crippen molar-refractivity contribution in [3.05, 3.63) is 17.3 Å². The van der Waals surface area contributed by atoms with E-state index in [2.05, 4.69) is 9.72 Å². The number of aromatic nitrogens is 1. The molecule has 0 radical (unpaired) electrons. The first-order valence-corrected chi connectivity index (χ1v) is 4.19. The van der Waals surface area contributed by atoms with E-state index in [1.807, 2.05) is 0 Å². The summed E-state index contributed by atoms with van der Waals surface area (Å²) in [6.07, 6.45) is 0.292. The van der Waals surface area contributed by atoms with Crippen LogP contribution >= 0.6 is 0 Å². The Hall–Kier alpha value is -1.65. The van der Waals surface area contributed by atoms with E-state index in [1.165, 1.54) is 7.11 Å². The second-order valence-electron chi connectivity index (χ2n) is 2.69. The van der Waals surface area contributed by atoms with Crippen LogP contribution < -0.4 is 0 Å². The quantitative estimate of drug-likeness (QED) is 0.540. The molecule has 1 rings (SSSR count). The molecule has 0 fully saturated rings. The predicted octanol–water partition coefficient (Wildman–Crippen LogP) is 1.36. The van der Waals surface area contributed by atoms with Crippen LogP contribution in [0.4, 0.5) is 0 Å². The minimum absolute atomic E-state index is 0.0367. The lowest BCUT2D eigenvalue weighted by molar-refractivity contribution is 0.0593. The lowest BCUT2D eigenvalue weighted by atomic mass is 10.3. The monoisotopic (exact) mass is 197 g/mol. The number of nitrogens with zero attached hydrogens (tertiary/aromatic N) is 1. The van der Waals surface area contributed by atoms with E-state index < -0.39 is 5.97 Å². The fourth-order valence-electron chi connectivity index (χ4n) is 0.953. The van der Waals surface area contributed by atoms with Crippen LogP contribution in [0, 0.1) is 6.92 Å². The lowest BCUT2D eigenvalue weighted by Crippen LogP contribution is -2.04. The number of rotatable bonds is 3. The Morgan fingerprint density at radius 1 is 1.50 bits per heavy atom. The topological polar surface area (TPSA) is 69.4 Å². The van der Waals surface area contributed by atoms with Gasteiger partial charge in [-0.05, 0) is 6.92 Å². The summed E-state index contributed by atoms with van der Waals surface area (Å²) < 4.78 is 9.50. The maximum absolute atomic E-state index is 11.2. The molecule has 0 aromatic carbocycles. The molecule has 0 aliphatic heterocycles. The Labute approximate surface area is 81.1 Å². The molecule has 0 bridgehead atoms. The minimum atomic E-state index is -0.596. The molecule has 0 saturated heterocycles. The van der Waals surface area contributed by atoms with Gasteiger partial charge < -0.3 is 9.15 Å². The Balaban J connectivity index is 3.05. The van der Waals surface area contributed by atoms with Crippen molar-refractivity contribution < 1.29 is 18.7 Å². The van der Waals surface area contributed by atoms with Gasteiger partial charge in [-0.1, -0.05) is 6.92 Å². The van der Waals surface area contributed by atoms with Crippen LogP contribution in [-0.4, -0.2) is 23.8 Å². The zero-order valence-electron chi connectivity index (χ0n) is 8.29. The Bertz CT molecular complexity index is 367. The number of carbonyl (C=O) groups excluding carboxylic acids is 2. The standard InChI is InChI=1S/C9H11NO4/c1-4-6(11)8-10-7(5(2)14-8)9(12)13-3/h4H2,1-3H3. The van der Waals surface area contributed by atoms with Crippen molar-refractivity contribution in [1.29, 1.82) is 0 Å². The second kappa shape index (κ2) is 4.04. The Morgan fingerprint density at radius 3 is 2.64 bits per heavy atom. The number of hydrogen-bond acceptors (Lipinski definition) is 5. The molecule has 0 N–H and O–H groups in total. The number of hydrogen-bond donors (Lipinski definition) is 0. The van der Waals surface area contributed by atoms with Gasteiger partial charge in [0.25, 0.3) is 5.89 Å². The molecule has 0 amide bonds. The van der Waals surface area contributed by atoms with E-state index in [9.17, 15) is 9.59 Å². The smallest absolute Gasteiger partial charge is 0.360 e. The van der Waals surface area contributed by atoms with Crippen LogP contribution in [0.5, 0.6) is 0 Å². The van der Waals surface area contributed by atoms with Crippen LogP contribution in [-0.2, 0) is 4.74 Å². The first-order valence-electron chi connectivity index (χ1n) is 4.19. The van der Waals surface area contributed by atoms with Crippen LogP contribution in [0.3, 0.4) is 0 Å². The molecular formula is C9H11NO4. The summed E-state index contributed by atoms with van der Waals surface area (Å²) in [5.74, 6) is -0.566. The van der Waals surface area contributed by atoms with Crippen LogP contribution in [0.2, 0.25) is 0 Å². The number of Topliss-reactive ketones (excluding diaryl/α,β-unsaturated/α-hetero) is 1. The van der Waals surface area contributed by atoms with Crippen molar-refractivity contribution >= 4 is 11.8 Å². The third-order valence-corrected chi connectivity index (χ3v) is 1.73. The van der Waals surface area contributed by atoms with Gasteiger partial charge in [0.05, 0.1) is 7.11 Å². The van der Waals surface area contributed by atoms with E-state index in [4.69, 9.17) is 4.42 Å². The second-order valence-corrected chi connectivity index (χ2v) is 2.69. The van der Waals surface area contributed by atoms with Gasteiger partial charge in [0.15, 0.2) is 5.69 Å². The van der Waals surface area contributed by atoms with Crippen molar-refractivity contribution in [3.63, 3.8) is 0 Å². The predicted molar refractivity (Wildman–Crippen MR) is 47.2 cm³/mol. The number of aryl methyl sites for hydroxylation is 1. The van der Waals surface area contributed by atoms with E-state index in [1.54, 1.807) is 13.8 Å². The van der Waals surface area contributed by atoms with Gasteiger partial charge in [-0.2, -0.15) is 4.98 Å². The zero-order chi connectivity index (χ0) is 10.7. The average molecular weight is 197 g/mol. The van der Waals surface area contributed by atoms with Gasteiger partial charge in [0.1, 0.15) is 5.76 Å². The molecule has 0 unspecified atom stereocenters. The maximum atomic E-state index is 11.2. The number of carbonyl (C=O) groups is 2.